The second kappa shape index (κ2) is 14.1. The van der Waals surface area contributed by atoms with Crippen molar-refractivity contribution in [3.05, 3.63) is 114 Å². The first kappa shape index (κ1) is 32.0. The molecule has 0 amide bonds. The van der Waals surface area contributed by atoms with Gasteiger partial charge in [0.05, 0.1) is 13.7 Å². The van der Waals surface area contributed by atoms with Gasteiger partial charge in [0.2, 0.25) is 0 Å². The Kier molecular flexibility index (Phi) is 10.3. The van der Waals surface area contributed by atoms with Crippen LogP contribution in [-0.2, 0) is 26.5 Å². The number of furan rings is 1. The predicted octanol–water partition coefficient (Wildman–Crippen LogP) is 10.0. The van der Waals surface area contributed by atoms with Crippen molar-refractivity contribution in [1.82, 2.24) is 9.97 Å². The van der Waals surface area contributed by atoms with Gasteiger partial charge in [-0.1, -0.05) is 93.7 Å². The van der Waals surface area contributed by atoms with Gasteiger partial charge in [0, 0.05) is 39.3 Å². The van der Waals surface area contributed by atoms with Gasteiger partial charge < -0.3 is 14.4 Å². The summed E-state index contributed by atoms with van der Waals surface area (Å²) in [6.45, 7) is 15.4. The van der Waals surface area contributed by atoms with E-state index in [0.29, 0.717) is 22.8 Å². The Morgan fingerprint density at radius 1 is 0.864 bits per heavy atom. The monoisotopic (exact) mass is 780 g/mol. The Morgan fingerprint density at radius 3 is 2.32 bits per heavy atom. The summed E-state index contributed by atoms with van der Waals surface area (Å²) < 4.78 is 28.0. The smallest absolute Gasteiger partial charge is 0.165 e. The van der Waals surface area contributed by atoms with E-state index in [4.69, 9.17) is 5.79 Å². The molecule has 1 radical (unpaired) electrons. The van der Waals surface area contributed by atoms with Crippen molar-refractivity contribution in [2.24, 2.45) is 5.92 Å². The number of fused-ring (bicyclic) bond motifs is 3. The molecule has 229 valence electrons. The van der Waals surface area contributed by atoms with Crippen LogP contribution in [-0.4, -0.2) is 18.0 Å². The number of benzene rings is 3. The van der Waals surface area contributed by atoms with Crippen molar-refractivity contribution in [3.63, 3.8) is 0 Å². The third-order valence-corrected chi connectivity index (χ3v) is 9.48. The fraction of sp³-hybridized carbons (Fsp3) is 0.263. The molecule has 0 atom stereocenters. The molecule has 3 aromatic carbocycles. The Labute approximate surface area is 276 Å². The Balaban J connectivity index is 0.000000204. The summed E-state index contributed by atoms with van der Waals surface area (Å²) in [5, 5.41) is 3.05. The fourth-order valence-electron chi connectivity index (χ4n) is 5.28. The van der Waals surface area contributed by atoms with E-state index >= 15 is 0 Å². The van der Waals surface area contributed by atoms with Gasteiger partial charge in [0.25, 0.3) is 0 Å². The van der Waals surface area contributed by atoms with Crippen LogP contribution in [0.15, 0.2) is 89.6 Å². The van der Waals surface area contributed by atoms with Crippen LogP contribution < -0.4 is 5.19 Å². The van der Waals surface area contributed by atoms with E-state index in [0.717, 1.165) is 34.0 Å². The van der Waals surface area contributed by atoms with Gasteiger partial charge in [0.15, 0.2) is 11.4 Å². The van der Waals surface area contributed by atoms with E-state index in [9.17, 15) is 4.39 Å². The van der Waals surface area contributed by atoms with Crippen molar-refractivity contribution in [2.45, 2.75) is 59.7 Å². The SMILES string of the molecule is CC(C)Cc1cc(-c2[c-]cccc2)ncc1[Si](C)(C)C.[2H]C(C)(C)c1ccnc(-c2[c-]ccc3c2oc2c(F)cccc23)c1.[Ir]. The number of halogens is 1. The van der Waals surface area contributed by atoms with Crippen molar-refractivity contribution in [1.29, 1.82) is 0 Å². The van der Waals surface area contributed by atoms with Gasteiger partial charge in [0.1, 0.15) is 0 Å². The molecule has 0 saturated heterocycles. The van der Waals surface area contributed by atoms with Crippen LogP contribution in [0.5, 0.6) is 0 Å². The molecule has 6 aromatic rings. The van der Waals surface area contributed by atoms with Gasteiger partial charge in [-0.05, 0) is 46.9 Å². The molecule has 0 spiro atoms. The summed E-state index contributed by atoms with van der Waals surface area (Å²) in [6, 6.07) is 29.0. The molecule has 6 heteroatoms. The molecule has 0 bridgehead atoms. The van der Waals surface area contributed by atoms with E-state index in [1.807, 2.05) is 56.3 Å². The van der Waals surface area contributed by atoms with Crippen molar-refractivity contribution >= 4 is 35.2 Å². The molecule has 0 fully saturated rings. The normalized spacial score (nSPS) is 12.1. The zero-order valence-electron chi connectivity index (χ0n) is 27.4. The second-order valence-corrected chi connectivity index (χ2v) is 17.6. The maximum atomic E-state index is 14.0. The van der Waals surface area contributed by atoms with Crippen LogP contribution in [0.25, 0.3) is 44.5 Å². The zero-order valence-corrected chi connectivity index (χ0v) is 29.8. The first-order chi connectivity index (χ1) is 20.8. The molecule has 3 heterocycles. The Hall–Kier alpha value is -3.44. The minimum atomic E-state index is -1.34. The second-order valence-electron chi connectivity index (χ2n) is 12.6. The van der Waals surface area contributed by atoms with E-state index in [1.54, 1.807) is 18.3 Å². The minimum absolute atomic E-state index is 0. The number of hydrogen-bond acceptors (Lipinski definition) is 3. The summed E-state index contributed by atoms with van der Waals surface area (Å²) in [6.07, 6.45) is 4.92. The minimum Gasteiger partial charge on any atom is -0.498 e. The van der Waals surface area contributed by atoms with Gasteiger partial charge >= 0.3 is 0 Å². The molecule has 44 heavy (non-hydrogen) atoms. The summed E-state index contributed by atoms with van der Waals surface area (Å²) in [5.74, 6) is -0.449. The van der Waals surface area contributed by atoms with Gasteiger partial charge in [-0.3, -0.25) is 0 Å². The summed E-state index contributed by atoms with van der Waals surface area (Å²) in [5.41, 5.74) is 6.59. The Bertz CT molecular complexity index is 1910. The number of pyridine rings is 2. The molecule has 3 nitrogen and oxygen atoms in total. The molecule has 0 saturated carbocycles. The van der Waals surface area contributed by atoms with Crippen LogP contribution >= 0.6 is 0 Å². The molecule has 0 N–H and O–H groups in total. The standard InChI is InChI=1S/C20H15FNO.C18H24NSi.Ir/c1-12(2)13-9-10-22-18(11-13)16-7-3-5-14-15-6-4-8-17(21)20(15)23-19(14)16;1-14(2)11-16-12-17(15-9-7-6-8-10-15)19-13-18(16)20(3,4)5;/h3-6,8-12H,1-2H3;6-9,12-14H,11H2,1-5H3;/q2*-1;/i12D;;. The van der Waals surface area contributed by atoms with Crippen LogP contribution in [0.3, 0.4) is 0 Å². The van der Waals surface area contributed by atoms with Crippen LogP contribution in [0.1, 0.15) is 46.1 Å². The first-order valence-electron chi connectivity index (χ1n) is 15.3. The van der Waals surface area contributed by atoms with Gasteiger partial charge in [-0.2, -0.15) is 0 Å². The summed E-state index contributed by atoms with van der Waals surface area (Å²) in [7, 11) is -1.34. The molecular formula is C38H39FIrN2OSi-2. The number of aromatic nitrogens is 2. The average Bonchev–Trinajstić information content (AvgIpc) is 3.37. The Morgan fingerprint density at radius 2 is 1.64 bits per heavy atom. The molecule has 0 unspecified atom stereocenters. The number of rotatable bonds is 6. The topological polar surface area (TPSA) is 38.9 Å². The fourth-order valence-corrected chi connectivity index (χ4v) is 6.87. The molecule has 6 rings (SSSR count). The van der Waals surface area contributed by atoms with Crippen LogP contribution in [0.4, 0.5) is 4.39 Å². The predicted molar refractivity (Wildman–Crippen MR) is 180 cm³/mol. The van der Waals surface area contributed by atoms with Gasteiger partial charge in [-0.15, -0.1) is 54.1 Å². The van der Waals surface area contributed by atoms with E-state index in [-0.39, 0.29) is 31.5 Å². The third-order valence-electron chi connectivity index (χ3n) is 7.41. The molecule has 0 aliphatic rings. The van der Waals surface area contributed by atoms with Crippen LogP contribution in [0, 0.1) is 23.9 Å². The van der Waals surface area contributed by atoms with Crippen molar-refractivity contribution in [3.8, 4) is 22.5 Å². The first-order valence-corrected chi connectivity index (χ1v) is 18.3. The zero-order chi connectivity index (χ0) is 31.6. The maximum absolute atomic E-state index is 14.0. The van der Waals surface area contributed by atoms with Crippen molar-refractivity contribution in [2.75, 3.05) is 0 Å². The van der Waals surface area contributed by atoms with Crippen molar-refractivity contribution < 1.29 is 30.3 Å². The molecular weight excluding hydrogens is 740 g/mol. The largest absolute Gasteiger partial charge is 0.498 e. The quantitative estimate of drug-likeness (QED) is 0.125. The van der Waals surface area contributed by atoms with Gasteiger partial charge in [-0.25, -0.2) is 4.39 Å². The van der Waals surface area contributed by atoms with E-state index in [1.165, 1.54) is 16.8 Å². The molecule has 0 aliphatic carbocycles. The number of para-hydroxylation sites is 1. The summed E-state index contributed by atoms with van der Waals surface area (Å²) in [4.78, 5) is 9.08. The van der Waals surface area contributed by atoms with Crippen LogP contribution in [0.2, 0.25) is 19.6 Å². The summed E-state index contributed by atoms with van der Waals surface area (Å²) >= 11 is 0. The average molecular weight is 780 g/mol. The molecule has 0 aliphatic heterocycles. The maximum Gasteiger partial charge on any atom is 0.165 e. The third kappa shape index (κ3) is 7.43. The van der Waals surface area contributed by atoms with E-state index < -0.39 is 14.0 Å². The van der Waals surface area contributed by atoms with E-state index in [2.05, 4.69) is 73.9 Å². The molecule has 3 aromatic heterocycles. The number of hydrogen-bond donors (Lipinski definition) is 0. The number of nitrogens with zero attached hydrogens (tertiary/aromatic N) is 2.